The van der Waals surface area contributed by atoms with Gasteiger partial charge in [0.25, 0.3) is 0 Å². The Labute approximate surface area is 118 Å². The number of aromatic nitrogens is 2. The van der Waals surface area contributed by atoms with E-state index < -0.39 is 0 Å². The molecule has 20 heavy (non-hydrogen) atoms. The number of morpholine rings is 1. The smallest absolute Gasteiger partial charge is 0.341 e. The Morgan fingerprint density at radius 3 is 2.90 bits per heavy atom. The summed E-state index contributed by atoms with van der Waals surface area (Å²) in [7, 11) is 3.13. The molecule has 0 N–H and O–H groups in total. The largest absolute Gasteiger partial charge is 0.465 e. The van der Waals surface area contributed by atoms with Crippen LogP contribution >= 0.6 is 0 Å². The molecule has 1 saturated heterocycles. The molecule has 112 valence electrons. The van der Waals surface area contributed by atoms with Gasteiger partial charge in [0.15, 0.2) is 0 Å². The Morgan fingerprint density at radius 1 is 1.45 bits per heavy atom. The summed E-state index contributed by atoms with van der Waals surface area (Å²) in [5, 5.41) is 4.22. The van der Waals surface area contributed by atoms with Gasteiger partial charge in [-0.3, -0.25) is 9.58 Å². The average Bonchev–Trinajstić information content (AvgIpc) is 2.85. The molecule has 0 aromatic carbocycles. The molecule has 1 aliphatic heterocycles. The van der Waals surface area contributed by atoms with Crippen LogP contribution in [0.1, 0.15) is 16.1 Å². The number of esters is 1. The van der Waals surface area contributed by atoms with Crippen LogP contribution in [-0.2, 0) is 27.9 Å². The predicted molar refractivity (Wildman–Crippen MR) is 71.5 cm³/mol. The number of ether oxygens (including phenoxy) is 3. The number of nitrogens with zero attached hydrogens (tertiary/aromatic N) is 3. The maximum absolute atomic E-state index is 11.6. The normalized spacial score (nSPS) is 16.3. The molecule has 2 heterocycles. The van der Waals surface area contributed by atoms with Crippen LogP contribution in [0.2, 0.25) is 0 Å². The first-order valence-corrected chi connectivity index (χ1v) is 6.69. The van der Waals surface area contributed by atoms with Gasteiger partial charge in [-0.25, -0.2) is 4.79 Å². The average molecular weight is 283 g/mol. The van der Waals surface area contributed by atoms with Crippen molar-refractivity contribution in [2.45, 2.75) is 6.61 Å². The maximum atomic E-state index is 11.6. The molecule has 0 atom stereocenters. The molecule has 7 heteroatoms. The Morgan fingerprint density at radius 2 is 2.20 bits per heavy atom. The summed E-state index contributed by atoms with van der Waals surface area (Å²) in [4.78, 5) is 13.9. The number of rotatable bonds is 6. The lowest BCUT2D eigenvalue weighted by atomic mass is 10.2. The minimum absolute atomic E-state index is 0.315. The van der Waals surface area contributed by atoms with Crippen LogP contribution in [0, 0.1) is 0 Å². The Kier molecular flexibility index (Phi) is 5.51. The topological polar surface area (TPSA) is 65.8 Å². The molecule has 0 bridgehead atoms. The zero-order valence-electron chi connectivity index (χ0n) is 12.0. The molecule has 0 unspecified atom stereocenters. The van der Waals surface area contributed by atoms with Crippen molar-refractivity contribution >= 4 is 5.97 Å². The monoisotopic (exact) mass is 283 g/mol. The van der Waals surface area contributed by atoms with Gasteiger partial charge in [0.2, 0.25) is 0 Å². The van der Waals surface area contributed by atoms with E-state index in [9.17, 15) is 4.79 Å². The van der Waals surface area contributed by atoms with Crippen LogP contribution in [0.5, 0.6) is 0 Å². The van der Waals surface area contributed by atoms with Gasteiger partial charge in [0.05, 0.1) is 33.5 Å². The van der Waals surface area contributed by atoms with Gasteiger partial charge in [0, 0.05) is 32.9 Å². The highest BCUT2D eigenvalue weighted by molar-refractivity contribution is 5.90. The van der Waals surface area contributed by atoms with Crippen LogP contribution in [0.4, 0.5) is 0 Å². The summed E-state index contributed by atoms with van der Waals surface area (Å²) in [6, 6.07) is 0. The number of aryl methyl sites for hydroxylation is 1. The van der Waals surface area contributed by atoms with Gasteiger partial charge in [-0.05, 0) is 0 Å². The highest BCUT2D eigenvalue weighted by Crippen LogP contribution is 2.09. The lowest BCUT2D eigenvalue weighted by molar-refractivity contribution is 0.0174. The summed E-state index contributed by atoms with van der Waals surface area (Å²) >= 11 is 0. The predicted octanol–water partition coefficient (Wildman–Crippen LogP) is 0.0555. The SMILES string of the molecule is COC(=O)c1cn(C)nc1COCCN1CCOCC1. The van der Waals surface area contributed by atoms with Crippen molar-refractivity contribution in [1.29, 1.82) is 0 Å². The lowest BCUT2D eigenvalue weighted by Crippen LogP contribution is -2.38. The van der Waals surface area contributed by atoms with E-state index in [1.54, 1.807) is 17.9 Å². The standard InChI is InChI=1S/C13H21N3O4/c1-15-9-11(13(17)18-2)12(14-15)10-20-8-5-16-3-6-19-7-4-16/h9H,3-8,10H2,1-2H3. The third-order valence-corrected chi connectivity index (χ3v) is 3.20. The van der Waals surface area contributed by atoms with Gasteiger partial charge >= 0.3 is 5.97 Å². The van der Waals surface area contributed by atoms with E-state index in [-0.39, 0.29) is 5.97 Å². The maximum Gasteiger partial charge on any atom is 0.341 e. The van der Waals surface area contributed by atoms with Crippen LogP contribution in [0.3, 0.4) is 0 Å². The van der Waals surface area contributed by atoms with Crippen molar-refractivity contribution < 1.29 is 19.0 Å². The zero-order chi connectivity index (χ0) is 14.4. The summed E-state index contributed by atoms with van der Waals surface area (Å²) in [6.45, 7) is 5.25. The van der Waals surface area contributed by atoms with Crippen LogP contribution in [-0.4, -0.2) is 67.2 Å². The molecule has 1 aliphatic rings. The number of carbonyl (C=O) groups excluding carboxylic acids is 1. The molecule has 0 aliphatic carbocycles. The molecule has 0 saturated carbocycles. The van der Waals surface area contributed by atoms with Crippen molar-refractivity contribution in [2.75, 3.05) is 46.6 Å². The van der Waals surface area contributed by atoms with Gasteiger partial charge in [-0.15, -0.1) is 0 Å². The molecule has 2 rings (SSSR count). The first-order chi connectivity index (χ1) is 9.70. The van der Waals surface area contributed by atoms with Crippen molar-refractivity contribution in [3.8, 4) is 0 Å². The summed E-state index contributed by atoms with van der Waals surface area (Å²) in [5.74, 6) is -0.384. The molecule has 0 amide bonds. The molecule has 1 aromatic heterocycles. The fraction of sp³-hybridized carbons (Fsp3) is 0.692. The first kappa shape index (κ1) is 15.0. The summed E-state index contributed by atoms with van der Waals surface area (Å²) < 4.78 is 17.2. The number of hydrogen-bond donors (Lipinski definition) is 0. The number of hydrogen-bond acceptors (Lipinski definition) is 6. The molecule has 7 nitrogen and oxygen atoms in total. The zero-order valence-corrected chi connectivity index (χ0v) is 12.0. The fourth-order valence-electron chi connectivity index (χ4n) is 2.11. The van der Waals surface area contributed by atoms with Gasteiger partial charge < -0.3 is 14.2 Å². The summed E-state index contributed by atoms with van der Waals surface area (Å²) in [6.07, 6.45) is 1.65. The van der Waals surface area contributed by atoms with Crippen molar-refractivity contribution in [3.63, 3.8) is 0 Å². The number of carbonyl (C=O) groups is 1. The first-order valence-electron chi connectivity index (χ1n) is 6.69. The number of methoxy groups -OCH3 is 1. The van der Waals surface area contributed by atoms with E-state index >= 15 is 0 Å². The van der Waals surface area contributed by atoms with Crippen molar-refractivity contribution in [3.05, 3.63) is 17.5 Å². The van der Waals surface area contributed by atoms with E-state index in [0.717, 1.165) is 32.8 Å². The molecular weight excluding hydrogens is 262 g/mol. The minimum Gasteiger partial charge on any atom is -0.465 e. The quantitative estimate of drug-likeness (QED) is 0.543. The highest BCUT2D eigenvalue weighted by atomic mass is 16.5. The van der Waals surface area contributed by atoms with E-state index in [2.05, 4.69) is 10.00 Å². The minimum atomic E-state index is -0.384. The van der Waals surface area contributed by atoms with Gasteiger partial charge in [0.1, 0.15) is 11.3 Å². The molecule has 1 fully saturated rings. The third-order valence-electron chi connectivity index (χ3n) is 3.20. The van der Waals surface area contributed by atoms with Crippen molar-refractivity contribution in [2.24, 2.45) is 7.05 Å². The van der Waals surface area contributed by atoms with Gasteiger partial charge in [-0.1, -0.05) is 0 Å². The fourth-order valence-corrected chi connectivity index (χ4v) is 2.11. The second kappa shape index (κ2) is 7.37. The summed E-state index contributed by atoms with van der Waals surface area (Å²) in [5.41, 5.74) is 1.07. The highest BCUT2D eigenvalue weighted by Gasteiger charge is 2.16. The van der Waals surface area contributed by atoms with Crippen LogP contribution in [0.25, 0.3) is 0 Å². The van der Waals surface area contributed by atoms with E-state index in [1.165, 1.54) is 7.11 Å². The second-order valence-electron chi connectivity index (χ2n) is 4.66. The molecular formula is C13H21N3O4. The Bertz CT molecular complexity index is 441. The van der Waals surface area contributed by atoms with Crippen LogP contribution in [0.15, 0.2) is 6.20 Å². The molecule has 1 aromatic rings. The second-order valence-corrected chi connectivity index (χ2v) is 4.66. The van der Waals surface area contributed by atoms with E-state index in [0.29, 0.717) is 24.5 Å². The van der Waals surface area contributed by atoms with Crippen molar-refractivity contribution in [1.82, 2.24) is 14.7 Å². The molecule has 0 spiro atoms. The Hall–Kier alpha value is -1.44. The lowest BCUT2D eigenvalue weighted by Gasteiger charge is -2.26. The van der Waals surface area contributed by atoms with Gasteiger partial charge in [-0.2, -0.15) is 5.10 Å². The third kappa shape index (κ3) is 4.03. The Balaban J connectivity index is 1.77. The molecule has 0 radical (unpaired) electrons. The van der Waals surface area contributed by atoms with Crippen LogP contribution < -0.4 is 0 Å². The van der Waals surface area contributed by atoms with E-state index in [1.807, 2.05) is 0 Å². The van der Waals surface area contributed by atoms with E-state index in [4.69, 9.17) is 14.2 Å².